The van der Waals surface area contributed by atoms with Gasteiger partial charge in [-0.25, -0.2) is 0 Å². The molecular formula is C19H20Cl2OTi. The van der Waals surface area contributed by atoms with Gasteiger partial charge in [0, 0.05) is 0 Å². The van der Waals surface area contributed by atoms with Gasteiger partial charge >= 0.3 is 21.7 Å². The third kappa shape index (κ3) is 4.29. The molecule has 0 saturated carbocycles. The van der Waals surface area contributed by atoms with Gasteiger partial charge in [-0.3, -0.25) is 0 Å². The molecule has 0 aliphatic heterocycles. The first kappa shape index (κ1) is 22.4. The minimum absolute atomic E-state index is 0. The van der Waals surface area contributed by atoms with E-state index in [0.717, 1.165) is 17.4 Å². The van der Waals surface area contributed by atoms with Crippen molar-refractivity contribution in [3.8, 4) is 0 Å². The number of allylic oxidation sites excluding steroid dienone is 4. The Kier molecular flexibility index (Phi) is 8.30. The van der Waals surface area contributed by atoms with Crippen molar-refractivity contribution in [3.05, 3.63) is 65.3 Å². The second-order valence-corrected chi connectivity index (χ2v) is 6.04. The van der Waals surface area contributed by atoms with Gasteiger partial charge < -0.3 is 29.9 Å². The minimum Gasteiger partial charge on any atom is -1.00 e. The van der Waals surface area contributed by atoms with Gasteiger partial charge in [-0.1, -0.05) is 48.6 Å². The molecule has 1 N–H and O–H groups in total. The molecule has 0 unspecified atom stereocenters. The summed E-state index contributed by atoms with van der Waals surface area (Å²) < 4.78 is 0. The zero-order valence-electron chi connectivity index (χ0n) is 13.5. The zero-order chi connectivity index (χ0) is 14.3. The van der Waals surface area contributed by atoms with Gasteiger partial charge in [-0.15, -0.1) is 0 Å². The molecule has 0 saturated heterocycles. The van der Waals surface area contributed by atoms with Crippen LogP contribution in [0.3, 0.4) is 0 Å². The van der Waals surface area contributed by atoms with Gasteiger partial charge in [-0.05, 0) is 60.2 Å². The van der Waals surface area contributed by atoms with Crippen molar-refractivity contribution in [2.24, 2.45) is 0 Å². The number of benzene rings is 2. The molecule has 3 rings (SSSR count). The Bertz CT molecular complexity index is 743. The van der Waals surface area contributed by atoms with Gasteiger partial charge in [0.2, 0.25) is 0 Å². The summed E-state index contributed by atoms with van der Waals surface area (Å²) in [6.07, 6.45) is 5.31. The van der Waals surface area contributed by atoms with Crippen molar-refractivity contribution in [3.63, 3.8) is 0 Å². The minimum atomic E-state index is -0.855. The Hall–Kier alpha value is -0.566. The fourth-order valence-electron chi connectivity index (χ4n) is 3.12. The van der Waals surface area contributed by atoms with Crippen LogP contribution in [-0.2, 0) is 27.3 Å². The molecule has 2 aromatic rings. The van der Waals surface area contributed by atoms with E-state index in [4.69, 9.17) is 0 Å². The summed E-state index contributed by atoms with van der Waals surface area (Å²) in [5.41, 5.74) is 3.98. The van der Waals surface area contributed by atoms with Crippen LogP contribution in [0.5, 0.6) is 0 Å². The SMILES string of the molecule is CC1=C(c2ccc3ccccc3c2C(C)(C)O)CC=C1.[Cl-].[Cl-].[Ti+2]. The van der Waals surface area contributed by atoms with Gasteiger partial charge in [0.25, 0.3) is 0 Å². The van der Waals surface area contributed by atoms with Crippen molar-refractivity contribution in [1.29, 1.82) is 0 Å². The number of rotatable bonds is 2. The van der Waals surface area contributed by atoms with Crippen molar-refractivity contribution >= 4 is 16.3 Å². The van der Waals surface area contributed by atoms with Crippen LogP contribution in [0, 0.1) is 0 Å². The summed E-state index contributed by atoms with van der Waals surface area (Å²) in [5.74, 6) is 0. The third-order valence-corrected chi connectivity index (χ3v) is 4.03. The van der Waals surface area contributed by atoms with E-state index in [1.807, 2.05) is 26.0 Å². The predicted octanol–water partition coefficient (Wildman–Crippen LogP) is -1.19. The van der Waals surface area contributed by atoms with Gasteiger partial charge in [-0.2, -0.15) is 0 Å². The fraction of sp³-hybridized carbons (Fsp3) is 0.263. The summed E-state index contributed by atoms with van der Waals surface area (Å²) in [6.45, 7) is 5.88. The van der Waals surface area contributed by atoms with Gasteiger partial charge in [0.15, 0.2) is 0 Å². The Morgan fingerprint density at radius 1 is 1.00 bits per heavy atom. The smallest absolute Gasteiger partial charge is 1.00 e. The second-order valence-electron chi connectivity index (χ2n) is 6.04. The molecular weight excluding hydrogens is 363 g/mol. The number of fused-ring (bicyclic) bond motifs is 1. The van der Waals surface area contributed by atoms with E-state index in [0.29, 0.717) is 0 Å². The Morgan fingerprint density at radius 2 is 1.65 bits per heavy atom. The molecule has 0 aromatic heterocycles. The van der Waals surface area contributed by atoms with Gasteiger partial charge in [0.05, 0.1) is 5.60 Å². The Balaban J connectivity index is 0.00000161. The molecule has 0 fully saturated rings. The molecule has 0 atom stereocenters. The third-order valence-electron chi connectivity index (χ3n) is 4.03. The molecule has 0 heterocycles. The maximum atomic E-state index is 10.7. The van der Waals surface area contributed by atoms with Crippen LogP contribution in [0.1, 0.15) is 38.3 Å². The maximum Gasteiger partial charge on any atom is 2.00 e. The van der Waals surface area contributed by atoms with Crippen LogP contribution >= 0.6 is 0 Å². The van der Waals surface area contributed by atoms with E-state index >= 15 is 0 Å². The van der Waals surface area contributed by atoms with Crippen molar-refractivity contribution < 1.29 is 51.6 Å². The summed E-state index contributed by atoms with van der Waals surface area (Å²) in [6, 6.07) is 12.6. The molecule has 1 nitrogen and oxygen atoms in total. The van der Waals surface area contributed by atoms with Crippen molar-refractivity contribution in [2.75, 3.05) is 0 Å². The molecule has 0 amide bonds. The van der Waals surface area contributed by atoms with E-state index in [1.54, 1.807) is 0 Å². The molecule has 0 radical (unpaired) electrons. The largest absolute Gasteiger partial charge is 2.00 e. The molecule has 1 aliphatic rings. The molecule has 120 valence electrons. The van der Waals surface area contributed by atoms with E-state index in [2.05, 4.69) is 43.3 Å². The summed E-state index contributed by atoms with van der Waals surface area (Å²) in [5, 5.41) is 13.0. The second kappa shape index (κ2) is 8.51. The summed E-state index contributed by atoms with van der Waals surface area (Å²) in [4.78, 5) is 0. The zero-order valence-corrected chi connectivity index (χ0v) is 16.6. The topological polar surface area (TPSA) is 20.2 Å². The Morgan fingerprint density at radius 3 is 2.22 bits per heavy atom. The Labute approximate surface area is 165 Å². The monoisotopic (exact) mass is 382 g/mol. The standard InChI is InChI=1S/C19H20O.2ClH.Ti/c1-13-7-6-10-15(13)17-12-11-14-8-4-5-9-16(14)18(17)19(2,3)20;;;/h4-9,11-12,20H,10H2,1-3H3;2*1H;/q;;;+2/p-2. The molecule has 0 bridgehead atoms. The summed E-state index contributed by atoms with van der Waals surface area (Å²) >= 11 is 0. The number of aliphatic hydroxyl groups is 1. The van der Waals surface area contributed by atoms with E-state index in [9.17, 15) is 5.11 Å². The van der Waals surface area contributed by atoms with Crippen LogP contribution in [0.4, 0.5) is 0 Å². The van der Waals surface area contributed by atoms with E-state index in [-0.39, 0.29) is 46.5 Å². The van der Waals surface area contributed by atoms with Crippen LogP contribution in [0.2, 0.25) is 0 Å². The van der Waals surface area contributed by atoms with Crippen molar-refractivity contribution in [2.45, 2.75) is 32.8 Å². The van der Waals surface area contributed by atoms with Crippen LogP contribution in [0.15, 0.2) is 54.1 Å². The maximum absolute atomic E-state index is 10.7. The molecule has 23 heavy (non-hydrogen) atoms. The van der Waals surface area contributed by atoms with E-state index in [1.165, 1.54) is 22.1 Å². The first-order chi connectivity index (χ1) is 9.48. The first-order valence-electron chi connectivity index (χ1n) is 7.10. The average Bonchev–Trinajstić information content (AvgIpc) is 2.82. The fourth-order valence-corrected chi connectivity index (χ4v) is 3.12. The molecule has 2 aromatic carbocycles. The molecule has 4 heteroatoms. The van der Waals surface area contributed by atoms with Crippen LogP contribution in [0.25, 0.3) is 16.3 Å². The van der Waals surface area contributed by atoms with Crippen molar-refractivity contribution in [1.82, 2.24) is 0 Å². The van der Waals surface area contributed by atoms with Crippen LogP contribution < -0.4 is 24.8 Å². The number of halogens is 2. The molecule has 0 spiro atoms. The van der Waals surface area contributed by atoms with E-state index < -0.39 is 5.60 Å². The molecule has 1 aliphatic carbocycles. The van der Waals surface area contributed by atoms with Gasteiger partial charge in [0.1, 0.15) is 0 Å². The first-order valence-corrected chi connectivity index (χ1v) is 7.10. The predicted molar refractivity (Wildman–Crippen MR) is 85.5 cm³/mol. The quantitative estimate of drug-likeness (QED) is 0.647. The average molecular weight is 383 g/mol. The summed E-state index contributed by atoms with van der Waals surface area (Å²) in [7, 11) is 0. The number of hydrogen-bond donors (Lipinski definition) is 1. The number of hydrogen-bond acceptors (Lipinski definition) is 1. The van der Waals surface area contributed by atoms with Crippen LogP contribution in [-0.4, -0.2) is 5.11 Å². The normalized spacial score (nSPS) is 13.4.